The topological polar surface area (TPSA) is 75.3 Å². The van der Waals surface area contributed by atoms with Gasteiger partial charge in [0.1, 0.15) is 0 Å². The Labute approximate surface area is 121 Å². The van der Waals surface area contributed by atoms with Crippen LogP contribution in [0, 0.1) is 5.92 Å². The second kappa shape index (κ2) is 6.02. The molecule has 1 saturated carbocycles. The van der Waals surface area contributed by atoms with Crippen LogP contribution in [0.1, 0.15) is 45.4 Å². The van der Waals surface area contributed by atoms with Gasteiger partial charge >= 0.3 is 0 Å². The molecule has 0 aromatic heterocycles. The van der Waals surface area contributed by atoms with Crippen molar-refractivity contribution in [3.05, 3.63) is 0 Å². The Balaban J connectivity index is 2.11. The third-order valence-electron chi connectivity index (χ3n) is 4.81. The third kappa shape index (κ3) is 3.17. The molecule has 2 N–H and O–H groups in total. The lowest BCUT2D eigenvalue weighted by atomic mass is 9.86. The van der Waals surface area contributed by atoms with E-state index in [2.05, 4.69) is 17.6 Å². The molecule has 20 heavy (non-hydrogen) atoms. The molecule has 1 heterocycles. The van der Waals surface area contributed by atoms with Gasteiger partial charge in [-0.2, -0.15) is 0 Å². The first-order valence-corrected chi connectivity index (χ1v) is 9.45. The molecule has 2 unspecified atom stereocenters. The van der Waals surface area contributed by atoms with Crippen molar-refractivity contribution in [2.45, 2.75) is 56.2 Å². The van der Waals surface area contributed by atoms with E-state index in [1.807, 2.05) is 0 Å². The molecule has 1 aliphatic heterocycles. The fraction of sp³-hybridized carbons (Fsp3) is 0.929. The van der Waals surface area contributed by atoms with Gasteiger partial charge in [0.15, 0.2) is 14.6 Å². The minimum atomic E-state index is -3.40. The smallest absolute Gasteiger partial charge is 0.241 e. The molecule has 2 rings (SSSR count). The van der Waals surface area contributed by atoms with Crippen LogP contribution in [0.25, 0.3) is 0 Å². The molecular weight excluding hydrogens is 276 g/mol. The number of piperidine rings is 1. The predicted molar refractivity (Wildman–Crippen MR) is 79.2 cm³/mol. The van der Waals surface area contributed by atoms with Gasteiger partial charge in [0.05, 0.1) is 0 Å². The van der Waals surface area contributed by atoms with Crippen LogP contribution in [-0.4, -0.2) is 44.5 Å². The summed E-state index contributed by atoms with van der Waals surface area (Å²) < 4.78 is 23.1. The van der Waals surface area contributed by atoms with Crippen molar-refractivity contribution in [3.8, 4) is 0 Å². The lowest BCUT2D eigenvalue weighted by Gasteiger charge is -2.37. The Kier molecular flexibility index (Phi) is 4.74. The summed E-state index contributed by atoms with van der Waals surface area (Å²) >= 11 is 0. The molecular formula is C14H26N2O3S. The van der Waals surface area contributed by atoms with Crippen molar-refractivity contribution in [1.29, 1.82) is 0 Å². The van der Waals surface area contributed by atoms with Gasteiger partial charge in [0.25, 0.3) is 0 Å². The number of carbonyl (C=O) groups excluding carboxylic acids is 1. The van der Waals surface area contributed by atoms with Crippen LogP contribution in [0.15, 0.2) is 0 Å². The molecule has 0 spiro atoms. The monoisotopic (exact) mass is 302 g/mol. The van der Waals surface area contributed by atoms with Crippen molar-refractivity contribution in [2.75, 3.05) is 19.3 Å². The Morgan fingerprint density at radius 2 is 1.90 bits per heavy atom. The summed E-state index contributed by atoms with van der Waals surface area (Å²) in [5, 5.41) is 6.15. The minimum absolute atomic E-state index is 0.139. The number of hydrogen-bond donors (Lipinski definition) is 2. The number of sulfone groups is 1. The maximum atomic E-state index is 12.6. The molecule has 6 heteroatoms. The van der Waals surface area contributed by atoms with Gasteiger partial charge in [0, 0.05) is 12.3 Å². The highest BCUT2D eigenvalue weighted by Crippen LogP contribution is 2.30. The summed E-state index contributed by atoms with van der Waals surface area (Å²) in [6.07, 6.45) is 6.19. The highest BCUT2D eigenvalue weighted by Gasteiger charge is 2.49. The van der Waals surface area contributed by atoms with Gasteiger partial charge < -0.3 is 10.6 Å². The SMILES string of the molecule is CC1CCCC(NC(=O)C2(S(C)(=O)=O)CCNCC2)C1. The molecule has 0 bridgehead atoms. The van der Waals surface area contributed by atoms with Gasteiger partial charge in [-0.1, -0.05) is 19.8 Å². The van der Waals surface area contributed by atoms with Gasteiger partial charge in [-0.25, -0.2) is 8.42 Å². The average Bonchev–Trinajstić information content (AvgIpc) is 2.38. The van der Waals surface area contributed by atoms with Crippen molar-refractivity contribution in [1.82, 2.24) is 10.6 Å². The summed E-state index contributed by atoms with van der Waals surface area (Å²) in [5.74, 6) is 0.330. The Morgan fingerprint density at radius 1 is 1.25 bits per heavy atom. The Hall–Kier alpha value is -0.620. The van der Waals surface area contributed by atoms with Crippen molar-refractivity contribution in [2.24, 2.45) is 5.92 Å². The fourth-order valence-electron chi connectivity index (χ4n) is 3.48. The Bertz CT molecular complexity index is 455. The first kappa shape index (κ1) is 15.8. The summed E-state index contributed by atoms with van der Waals surface area (Å²) in [6.45, 7) is 3.36. The molecule has 116 valence electrons. The van der Waals surface area contributed by atoms with E-state index in [0.717, 1.165) is 19.3 Å². The number of amides is 1. The molecule has 2 aliphatic rings. The van der Waals surface area contributed by atoms with E-state index in [1.165, 1.54) is 12.7 Å². The van der Waals surface area contributed by atoms with E-state index in [-0.39, 0.29) is 11.9 Å². The lowest BCUT2D eigenvalue weighted by molar-refractivity contribution is -0.125. The lowest BCUT2D eigenvalue weighted by Crippen LogP contribution is -2.59. The van der Waals surface area contributed by atoms with Crippen LogP contribution >= 0.6 is 0 Å². The molecule has 0 aromatic carbocycles. The molecule has 2 atom stereocenters. The zero-order valence-corrected chi connectivity index (χ0v) is 13.3. The van der Waals surface area contributed by atoms with E-state index in [1.54, 1.807) is 0 Å². The summed E-state index contributed by atoms with van der Waals surface area (Å²) in [5.41, 5.74) is 0. The summed E-state index contributed by atoms with van der Waals surface area (Å²) in [7, 11) is -3.40. The Morgan fingerprint density at radius 3 is 2.45 bits per heavy atom. The molecule has 1 saturated heterocycles. The van der Waals surface area contributed by atoms with Crippen LogP contribution in [0.5, 0.6) is 0 Å². The van der Waals surface area contributed by atoms with Gasteiger partial charge in [-0.15, -0.1) is 0 Å². The number of carbonyl (C=O) groups is 1. The molecule has 0 radical (unpaired) electrons. The quantitative estimate of drug-likeness (QED) is 0.810. The van der Waals surface area contributed by atoms with Crippen molar-refractivity contribution >= 4 is 15.7 Å². The largest absolute Gasteiger partial charge is 0.352 e. The van der Waals surface area contributed by atoms with Crippen LogP contribution in [0.2, 0.25) is 0 Å². The van der Waals surface area contributed by atoms with Gasteiger partial charge in [-0.05, 0) is 44.7 Å². The van der Waals surface area contributed by atoms with Gasteiger partial charge in [0.2, 0.25) is 5.91 Å². The zero-order chi connectivity index (χ0) is 14.8. The maximum absolute atomic E-state index is 12.6. The van der Waals surface area contributed by atoms with Crippen LogP contribution in [0.4, 0.5) is 0 Å². The number of nitrogens with one attached hydrogen (secondary N) is 2. The molecule has 1 amide bonds. The highest BCUT2D eigenvalue weighted by atomic mass is 32.2. The van der Waals surface area contributed by atoms with Crippen molar-refractivity contribution in [3.63, 3.8) is 0 Å². The third-order valence-corrected chi connectivity index (χ3v) is 6.82. The summed E-state index contributed by atoms with van der Waals surface area (Å²) in [4.78, 5) is 12.6. The maximum Gasteiger partial charge on any atom is 0.241 e. The van der Waals surface area contributed by atoms with Crippen molar-refractivity contribution < 1.29 is 13.2 Å². The highest BCUT2D eigenvalue weighted by molar-refractivity contribution is 7.92. The molecule has 5 nitrogen and oxygen atoms in total. The second-order valence-corrected chi connectivity index (χ2v) is 8.78. The summed E-state index contributed by atoms with van der Waals surface area (Å²) in [6, 6.07) is 0.139. The van der Waals surface area contributed by atoms with E-state index in [4.69, 9.17) is 0 Å². The second-order valence-electron chi connectivity index (χ2n) is 6.46. The van der Waals surface area contributed by atoms with E-state index in [9.17, 15) is 13.2 Å². The molecule has 0 aromatic rings. The first-order valence-electron chi connectivity index (χ1n) is 7.56. The zero-order valence-electron chi connectivity index (χ0n) is 12.4. The number of hydrogen-bond acceptors (Lipinski definition) is 4. The standard InChI is InChI=1S/C14H26N2O3S/c1-11-4-3-5-12(10-11)16-13(17)14(20(2,18)19)6-8-15-9-7-14/h11-12,15H,3-10H2,1-2H3,(H,16,17). The molecule has 2 fully saturated rings. The van der Waals surface area contributed by atoms with Gasteiger partial charge in [-0.3, -0.25) is 4.79 Å². The predicted octanol–water partition coefficient (Wildman–Crippen LogP) is 0.848. The molecule has 1 aliphatic carbocycles. The van der Waals surface area contributed by atoms with E-state index in [0.29, 0.717) is 31.8 Å². The van der Waals surface area contributed by atoms with Crippen LogP contribution in [-0.2, 0) is 14.6 Å². The first-order chi connectivity index (χ1) is 9.35. The van der Waals surface area contributed by atoms with Crippen LogP contribution < -0.4 is 10.6 Å². The van der Waals surface area contributed by atoms with E-state index >= 15 is 0 Å². The minimum Gasteiger partial charge on any atom is -0.352 e. The van der Waals surface area contributed by atoms with E-state index < -0.39 is 14.6 Å². The normalized spacial score (nSPS) is 30.7. The average molecular weight is 302 g/mol. The van der Waals surface area contributed by atoms with Crippen LogP contribution in [0.3, 0.4) is 0 Å². The number of rotatable bonds is 3. The fourth-order valence-corrected chi connectivity index (χ4v) is 4.82.